The number of hydrogen-bond acceptors (Lipinski definition) is 4. The van der Waals surface area contributed by atoms with E-state index in [2.05, 4.69) is 46.3 Å². The van der Waals surface area contributed by atoms with E-state index in [0.717, 1.165) is 32.2 Å². The summed E-state index contributed by atoms with van der Waals surface area (Å²) in [6.45, 7) is 3.68. The summed E-state index contributed by atoms with van der Waals surface area (Å²) >= 11 is 0. The minimum absolute atomic E-state index is 0.403. The summed E-state index contributed by atoms with van der Waals surface area (Å²) in [5, 5.41) is 2.66. The number of anilines is 1. The molecule has 0 aliphatic rings. The number of aliphatic imine (C=N–C) groups is 1. The molecule has 178 valence electrons. The Balaban J connectivity index is 1.52. The van der Waals surface area contributed by atoms with E-state index in [1.54, 1.807) is 24.3 Å². The first-order valence-electron chi connectivity index (χ1n) is 12.3. The van der Waals surface area contributed by atoms with Crippen LogP contribution in [0.15, 0.2) is 53.8 Å². The minimum Gasteiger partial charge on any atom is -0.449 e. The predicted molar refractivity (Wildman–Crippen MR) is 131 cm³/mol. The molecule has 33 heavy (non-hydrogen) atoms. The van der Waals surface area contributed by atoms with Gasteiger partial charge in [0, 0.05) is 23.7 Å². The van der Waals surface area contributed by atoms with Crippen molar-refractivity contribution in [3.05, 3.63) is 54.4 Å². The van der Waals surface area contributed by atoms with E-state index in [1.165, 1.54) is 56.6 Å². The van der Waals surface area contributed by atoms with Gasteiger partial charge in [0.1, 0.15) is 6.54 Å². The topological polar surface area (TPSA) is 71.6 Å². The van der Waals surface area contributed by atoms with Crippen LogP contribution in [0.4, 0.5) is 16.2 Å². The zero-order valence-corrected chi connectivity index (χ0v) is 19.9. The fraction of sp³-hybridized carbons (Fsp3) is 0.519. The van der Waals surface area contributed by atoms with Crippen molar-refractivity contribution in [2.24, 2.45) is 4.99 Å². The first-order chi connectivity index (χ1) is 16.2. The summed E-state index contributed by atoms with van der Waals surface area (Å²) in [4.78, 5) is 25.6. The molecule has 0 spiro atoms. The van der Waals surface area contributed by atoms with Gasteiger partial charge in [-0.25, -0.2) is 14.2 Å². The number of amides is 1. The molecule has 0 fully saturated rings. The Hall–Kier alpha value is -2.98. The van der Waals surface area contributed by atoms with Crippen molar-refractivity contribution in [3.8, 4) is 0 Å². The molecule has 0 saturated carbocycles. The molecule has 1 amide bonds. The lowest BCUT2D eigenvalue weighted by molar-refractivity contribution is -0.697. The van der Waals surface area contributed by atoms with Gasteiger partial charge in [-0.3, -0.25) is 5.32 Å². The smallest absolute Gasteiger partial charge is 0.411 e. The summed E-state index contributed by atoms with van der Waals surface area (Å²) in [6, 6.07) is 11.0. The Morgan fingerprint density at radius 2 is 1.70 bits per heavy atom. The third kappa shape index (κ3) is 12.0. The highest BCUT2D eigenvalue weighted by Gasteiger charge is 2.05. The van der Waals surface area contributed by atoms with Crippen LogP contribution in [0, 0.1) is 0 Å². The Labute approximate surface area is 198 Å². The fourth-order valence-electron chi connectivity index (χ4n) is 3.71. The van der Waals surface area contributed by atoms with E-state index in [1.807, 2.05) is 0 Å². The van der Waals surface area contributed by atoms with Gasteiger partial charge in [-0.15, -0.1) is 0 Å². The molecular formula is C27H38N3O3+. The normalized spacial score (nSPS) is 10.5. The number of carbonyl (C=O) groups is 1. The van der Waals surface area contributed by atoms with Crippen molar-refractivity contribution in [2.45, 2.75) is 84.1 Å². The molecule has 0 radical (unpaired) electrons. The van der Waals surface area contributed by atoms with Crippen molar-refractivity contribution in [3.63, 3.8) is 0 Å². The number of pyridine rings is 1. The summed E-state index contributed by atoms with van der Waals surface area (Å²) < 4.78 is 7.53. The Morgan fingerprint density at radius 1 is 0.970 bits per heavy atom. The maximum Gasteiger partial charge on any atom is 0.411 e. The molecule has 0 saturated heterocycles. The van der Waals surface area contributed by atoms with Crippen molar-refractivity contribution < 1.29 is 18.9 Å². The van der Waals surface area contributed by atoms with Crippen LogP contribution in [0.5, 0.6) is 0 Å². The van der Waals surface area contributed by atoms with Crippen LogP contribution < -0.4 is 9.88 Å². The Morgan fingerprint density at radius 3 is 2.48 bits per heavy atom. The van der Waals surface area contributed by atoms with Crippen LogP contribution >= 0.6 is 0 Å². The second-order valence-electron chi connectivity index (χ2n) is 8.39. The van der Waals surface area contributed by atoms with E-state index in [9.17, 15) is 9.59 Å². The van der Waals surface area contributed by atoms with Crippen molar-refractivity contribution >= 4 is 23.5 Å². The molecular weight excluding hydrogens is 414 g/mol. The first kappa shape index (κ1) is 26.3. The summed E-state index contributed by atoms with van der Waals surface area (Å²) in [6.07, 6.45) is 18.7. The molecule has 1 aromatic heterocycles. The van der Waals surface area contributed by atoms with Crippen LogP contribution in [-0.2, 0) is 22.5 Å². The van der Waals surface area contributed by atoms with E-state index in [-0.39, 0.29) is 0 Å². The molecule has 1 heterocycles. The molecule has 1 N–H and O–H groups in total. The number of nitrogens with zero attached hydrogens (tertiary/aromatic N) is 2. The third-order valence-corrected chi connectivity index (χ3v) is 5.57. The minimum atomic E-state index is -0.473. The quantitative estimate of drug-likeness (QED) is 0.134. The van der Waals surface area contributed by atoms with Gasteiger partial charge in [-0.1, -0.05) is 39.0 Å². The summed E-state index contributed by atoms with van der Waals surface area (Å²) in [5.74, 6) is 0. The van der Waals surface area contributed by atoms with Gasteiger partial charge in [-0.05, 0) is 62.4 Å². The van der Waals surface area contributed by atoms with Crippen molar-refractivity contribution in [2.75, 3.05) is 11.9 Å². The van der Waals surface area contributed by atoms with Crippen LogP contribution in [0.25, 0.3) is 0 Å². The molecule has 0 bridgehead atoms. The van der Waals surface area contributed by atoms with Crippen molar-refractivity contribution in [1.82, 2.24) is 0 Å². The first-order valence-corrected chi connectivity index (χ1v) is 12.3. The number of rotatable bonds is 16. The second-order valence-corrected chi connectivity index (χ2v) is 8.39. The molecule has 2 rings (SSSR count). The average molecular weight is 453 g/mol. The Bertz CT molecular complexity index is 861. The second kappa shape index (κ2) is 16.6. The summed E-state index contributed by atoms with van der Waals surface area (Å²) in [5.41, 5.74) is 2.52. The van der Waals surface area contributed by atoms with Crippen LogP contribution in [-0.4, -0.2) is 18.8 Å². The highest BCUT2D eigenvalue weighted by molar-refractivity contribution is 5.84. The lowest BCUT2D eigenvalue weighted by Gasteiger charge is -2.07. The van der Waals surface area contributed by atoms with Gasteiger partial charge in [0.2, 0.25) is 6.08 Å². The average Bonchev–Trinajstić information content (AvgIpc) is 2.82. The third-order valence-electron chi connectivity index (χ3n) is 5.57. The number of unbranched alkanes of at least 4 members (excludes halogenated alkanes) is 8. The predicted octanol–water partition coefficient (Wildman–Crippen LogP) is 6.65. The highest BCUT2D eigenvalue weighted by atomic mass is 16.5. The number of hydrogen-bond donors (Lipinski definition) is 1. The zero-order chi connectivity index (χ0) is 23.6. The van der Waals surface area contributed by atoms with E-state index in [4.69, 9.17) is 4.74 Å². The van der Waals surface area contributed by atoms with Gasteiger partial charge in [-0.2, -0.15) is 4.99 Å². The summed E-state index contributed by atoms with van der Waals surface area (Å²) in [7, 11) is 0. The number of isocyanates is 1. The van der Waals surface area contributed by atoms with Gasteiger partial charge in [0.05, 0.1) is 12.3 Å². The van der Waals surface area contributed by atoms with Crippen LogP contribution in [0.1, 0.15) is 76.7 Å². The van der Waals surface area contributed by atoms with Gasteiger partial charge in [0.25, 0.3) is 0 Å². The van der Waals surface area contributed by atoms with Crippen LogP contribution in [0.2, 0.25) is 0 Å². The molecule has 0 unspecified atom stereocenters. The number of nitrogens with one attached hydrogen (secondary N) is 1. The van der Waals surface area contributed by atoms with Crippen LogP contribution in [0.3, 0.4) is 0 Å². The number of ether oxygens (including phenoxy) is 1. The zero-order valence-electron chi connectivity index (χ0n) is 19.9. The maximum absolute atomic E-state index is 11.8. The van der Waals surface area contributed by atoms with E-state index in [0.29, 0.717) is 18.0 Å². The standard InChI is InChI=1S/C27H37N3O3/c1-2-3-4-5-6-9-13-24-14-12-20-30(22-24)19-10-7-8-11-21-33-27(32)29-26-17-15-25(16-18-26)28-23-31/h12,14-18,20,22H,2-11,13,19,21H2,1H3/p+1. The molecule has 2 aromatic rings. The van der Waals surface area contributed by atoms with Crippen molar-refractivity contribution in [1.29, 1.82) is 0 Å². The number of aromatic nitrogens is 1. The Kier molecular flexibility index (Phi) is 13.2. The molecule has 0 aliphatic carbocycles. The number of benzene rings is 1. The van der Waals surface area contributed by atoms with E-state index < -0.39 is 6.09 Å². The number of aryl methyl sites for hydroxylation is 2. The largest absolute Gasteiger partial charge is 0.449 e. The molecule has 6 heteroatoms. The van der Waals surface area contributed by atoms with Gasteiger partial charge in [0.15, 0.2) is 12.4 Å². The lowest BCUT2D eigenvalue weighted by atomic mass is 10.1. The molecule has 0 atom stereocenters. The SMILES string of the molecule is CCCCCCCCc1ccc[n+](CCCCCCOC(=O)Nc2ccc(N=C=O)cc2)c1. The molecule has 6 nitrogen and oxygen atoms in total. The highest BCUT2D eigenvalue weighted by Crippen LogP contribution is 2.15. The van der Waals surface area contributed by atoms with E-state index >= 15 is 0 Å². The number of carbonyl (C=O) groups excluding carboxylic acids is 2. The van der Waals surface area contributed by atoms with Gasteiger partial charge < -0.3 is 4.74 Å². The molecule has 1 aromatic carbocycles. The molecule has 0 aliphatic heterocycles. The fourth-order valence-corrected chi connectivity index (χ4v) is 3.71. The monoisotopic (exact) mass is 452 g/mol. The lowest BCUT2D eigenvalue weighted by Crippen LogP contribution is -2.33. The van der Waals surface area contributed by atoms with Gasteiger partial charge >= 0.3 is 6.09 Å². The maximum atomic E-state index is 11.8.